The van der Waals surface area contributed by atoms with Gasteiger partial charge in [-0.3, -0.25) is 9.59 Å². The summed E-state index contributed by atoms with van der Waals surface area (Å²) in [6.45, 7) is 7.93. The van der Waals surface area contributed by atoms with Gasteiger partial charge in [0, 0.05) is 48.5 Å². The van der Waals surface area contributed by atoms with E-state index in [1.807, 2.05) is 62.3 Å². The maximum Gasteiger partial charge on any atom is 0.254 e. The molecule has 30 heavy (non-hydrogen) atoms. The molecule has 3 aromatic rings. The predicted molar refractivity (Wildman–Crippen MR) is 118 cm³/mol. The first kappa shape index (κ1) is 20.1. The number of piperazine rings is 1. The molecule has 0 spiro atoms. The third-order valence-corrected chi connectivity index (χ3v) is 5.97. The van der Waals surface area contributed by atoms with Crippen LogP contribution in [0.15, 0.2) is 42.7 Å². The number of hydrogen-bond donors (Lipinski definition) is 1. The Balaban J connectivity index is 1.64. The van der Waals surface area contributed by atoms with Crippen LogP contribution in [0, 0.1) is 6.92 Å². The van der Waals surface area contributed by atoms with Gasteiger partial charge in [-0.25, -0.2) is 4.98 Å². The average molecular weight is 405 g/mol. The zero-order valence-electron chi connectivity index (χ0n) is 17.8. The van der Waals surface area contributed by atoms with E-state index >= 15 is 0 Å². The minimum absolute atomic E-state index is 0.0627. The van der Waals surface area contributed by atoms with Gasteiger partial charge in [0.1, 0.15) is 11.7 Å². The van der Waals surface area contributed by atoms with Gasteiger partial charge < -0.3 is 14.8 Å². The summed E-state index contributed by atoms with van der Waals surface area (Å²) in [5.74, 6) is -0.0149. The molecule has 1 aromatic carbocycles. The molecule has 0 bridgehead atoms. The number of benzene rings is 1. The van der Waals surface area contributed by atoms with E-state index in [1.165, 1.54) is 0 Å². The quantitative estimate of drug-likeness (QED) is 0.698. The fourth-order valence-corrected chi connectivity index (χ4v) is 4.24. The second-order valence-electron chi connectivity index (χ2n) is 7.89. The molecular formula is C24H28N4O2. The number of aryl methyl sites for hydroxylation is 1. The van der Waals surface area contributed by atoms with Crippen LogP contribution in [0.5, 0.6) is 0 Å². The van der Waals surface area contributed by atoms with Crippen molar-refractivity contribution >= 4 is 22.8 Å². The van der Waals surface area contributed by atoms with Gasteiger partial charge in [0.15, 0.2) is 0 Å². The van der Waals surface area contributed by atoms with Gasteiger partial charge in [0.25, 0.3) is 5.91 Å². The number of amides is 2. The van der Waals surface area contributed by atoms with Crippen molar-refractivity contribution in [1.82, 2.24) is 19.8 Å². The minimum atomic E-state index is -0.375. The van der Waals surface area contributed by atoms with E-state index in [4.69, 9.17) is 0 Å². The minimum Gasteiger partial charge on any atom is -0.346 e. The van der Waals surface area contributed by atoms with Crippen LogP contribution in [-0.2, 0) is 4.79 Å². The Hall–Kier alpha value is -3.15. The molecule has 3 heterocycles. The van der Waals surface area contributed by atoms with E-state index in [9.17, 15) is 9.59 Å². The fraction of sp³-hybridized carbons (Fsp3) is 0.375. The normalized spacial score (nSPS) is 17.0. The summed E-state index contributed by atoms with van der Waals surface area (Å²) in [5.41, 5.74) is 4.52. The first-order valence-electron chi connectivity index (χ1n) is 10.7. The lowest BCUT2D eigenvalue weighted by atomic mass is 10.0. The van der Waals surface area contributed by atoms with Gasteiger partial charge in [-0.1, -0.05) is 25.5 Å². The highest BCUT2D eigenvalue weighted by Gasteiger charge is 2.36. The Labute approximate surface area is 176 Å². The standard InChI is InChI=1S/C24H28N4O2/c1-4-7-21-24(30)27(5-2)10-11-28(21)23(29)18-9-6-8-17(12-18)19-13-20-16(3)14-25-22(20)26-15-19/h6,8-9,12-15,21H,4-5,7,10-11H2,1-3H3,(H,25,26). The molecule has 1 aliphatic rings. The first-order valence-corrected chi connectivity index (χ1v) is 10.7. The predicted octanol–water partition coefficient (Wildman–Crippen LogP) is 4.01. The number of fused-ring (bicyclic) bond motifs is 1. The second-order valence-corrected chi connectivity index (χ2v) is 7.89. The number of H-pyrrole nitrogens is 1. The van der Waals surface area contributed by atoms with E-state index in [1.54, 1.807) is 4.90 Å². The number of hydrogen-bond acceptors (Lipinski definition) is 3. The van der Waals surface area contributed by atoms with Crippen LogP contribution in [-0.4, -0.2) is 57.3 Å². The van der Waals surface area contributed by atoms with E-state index in [0.717, 1.165) is 34.1 Å². The number of likely N-dealkylation sites (N-methyl/N-ethyl adjacent to an activating group) is 1. The third kappa shape index (κ3) is 3.58. The van der Waals surface area contributed by atoms with E-state index in [-0.39, 0.29) is 17.9 Å². The smallest absolute Gasteiger partial charge is 0.254 e. The molecule has 1 saturated heterocycles. The number of pyridine rings is 1. The Morgan fingerprint density at radius 2 is 2.03 bits per heavy atom. The van der Waals surface area contributed by atoms with Crippen LogP contribution < -0.4 is 0 Å². The highest BCUT2D eigenvalue weighted by atomic mass is 16.2. The number of carbonyl (C=O) groups is 2. The van der Waals surface area contributed by atoms with Gasteiger partial charge in [-0.2, -0.15) is 0 Å². The number of nitrogens with one attached hydrogen (secondary N) is 1. The maximum absolute atomic E-state index is 13.4. The van der Waals surface area contributed by atoms with Crippen molar-refractivity contribution in [3.8, 4) is 11.1 Å². The van der Waals surface area contributed by atoms with Gasteiger partial charge in [-0.15, -0.1) is 0 Å². The summed E-state index contributed by atoms with van der Waals surface area (Å²) in [7, 11) is 0. The summed E-state index contributed by atoms with van der Waals surface area (Å²) in [5, 5.41) is 1.08. The van der Waals surface area contributed by atoms with E-state index in [0.29, 0.717) is 31.6 Å². The van der Waals surface area contributed by atoms with Crippen molar-refractivity contribution < 1.29 is 9.59 Å². The van der Waals surface area contributed by atoms with Gasteiger partial charge in [0.05, 0.1) is 0 Å². The largest absolute Gasteiger partial charge is 0.346 e. The lowest BCUT2D eigenvalue weighted by Gasteiger charge is -2.40. The van der Waals surface area contributed by atoms with Crippen molar-refractivity contribution in [3.05, 3.63) is 53.9 Å². The van der Waals surface area contributed by atoms with Crippen molar-refractivity contribution in [2.24, 2.45) is 0 Å². The lowest BCUT2D eigenvalue weighted by molar-refractivity contribution is -0.140. The summed E-state index contributed by atoms with van der Waals surface area (Å²) in [4.78, 5) is 37.5. The highest BCUT2D eigenvalue weighted by Crippen LogP contribution is 2.26. The number of aromatic amines is 1. The number of aromatic nitrogens is 2. The molecule has 1 N–H and O–H groups in total. The Bertz CT molecular complexity index is 1090. The van der Waals surface area contributed by atoms with Gasteiger partial charge >= 0.3 is 0 Å². The summed E-state index contributed by atoms with van der Waals surface area (Å²) >= 11 is 0. The molecule has 156 valence electrons. The van der Waals surface area contributed by atoms with Crippen molar-refractivity contribution in [1.29, 1.82) is 0 Å². The van der Waals surface area contributed by atoms with Crippen LogP contribution in [0.4, 0.5) is 0 Å². The first-order chi connectivity index (χ1) is 14.5. The van der Waals surface area contributed by atoms with E-state index in [2.05, 4.69) is 16.0 Å². The number of nitrogens with zero attached hydrogens (tertiary/aromatic N) is 3. The van der Waals surface area contributed by atoms with Gasteiger partial charge in [0.2, 0.25) is 5.91 Å². The van der Waals surface area contributed by atoms with Gasteiger partial charge in [-0.05, 0) is 49.6 Å². The average Bonchev–Trinajstić information content (AvgIpc) is 3.15. The van der Waals surface area contributed by atoms with Crippen LogP contribution in [0.2, 0.25) is 0 Å². The molecular weight excluding hydrogens is 376 g/mol. The maximum atomic E-state index is 13.4. The van der Waals surface area contributed by atoms with Crippen molar-refractivity contribution in [2.75, 3.05) is 19.6 Å². The summed E-state index contributed by atoms with van der Waals surface area (Å²) in [6, 6.07) is 9.36. The summed E-state index contributed by atoms with van der Waals surface area (Å²) in [6.07, 6.45) is 5.32. The third-order valence-electron chi connectivity index (χ3n) is 5.97. The Kier molecular flexibility index (Phi) is 5.57. The van der Waals surface area contributed by atoms with Crippen LogP contribution >= 0.6 is 0 Å². The van der Waals surface area contributed by atoms with Crippen LogP contribution in [0.3, 0.4) is 0 Å². The molecule has 1 aliphatic heterocycles. The zero-order valence-corrected chi connectivity index (χ0v) is 17.8. The molecule has 0 radical (unpaired) electrons. The molecule has 2 aromatic heterocycles. The molecule has 0 aliphatic carbocycles. The second kappa shape index (κ2) is 8.30. The molecule has 6 nitrogen and oxygen atoms in total. The topological polar surface area (TPSA) is 69.3 Å². The van der Waals surface area contributed by atoms with Crippen molar-refractivity contribution in [3.63, 3.8) is 0 Å². The fourth-order valence-electron chi connectivity index (χ4n) is 4.24. The molecule has 1 fully saturated rings. The number of carbonyl (C=O) groups excluding carboxylic acids is 2. The number of rotatable bonds is 5. The zero-order chi connectivity index (χ0) is 21.3. The molecule has 0 saturated carbocycles. The molecule has 1 unspecified atom stereocenters. The van der Waals surface area contributed by atoms with E-state index < -0.39 is 0 Å². The highest BCUT2D eigenvalue weighted by molar-refractivity contribution is 5.99. The molecule has 1 atom stereocenters. The lowest BCUT2D eigenvalue weighted by Crippen LogP contribution is -2.58. The molecule has 2 amide bonds. The van der Waals surface area contributed by atoms with Crippen LogP contribution in [0.25, 0.3) is 22.2 Å². The monoisotopic (exact) mass is 404 g/mol. The summed E-state index contributed by atoms with van der Waals surface area (Å²) < 4.78 is 0. The SMILES string of the molecule is CCCC1C(=O)N(CC)CCN1C(=O)c1cccc(-c2cnc3[nH]cc(C)c3c2)c1. The Morgan fingerprint density at radius 3 is 2.80 bits per heavy atom. The molecule has 4 rings (SSSR count). The molecule has 6 heteroatoms. The van der Waals surface area contributed by atoms with Crippen LogP contribution in [0.1, 0.15) is 42.6 Å². The van der Waals surface area contributed by atoms with Crippen molar-refractivity contribution in [2.45, 2.75) is 39.7 Å². The Morgan fingerprint density at radius 1 is 1.20 bits per heavy atom.